The zero-order valence-electron chi connectivity index (χ0n) is 19.9. The minimum absolute atomic E-state index is 0.0137. The van der Waals surface area contributed by atoms with E-state index >= 15 is 0 Å². The molecule has 0 bridgehead atoms. The fraction of sp³-hybridized carbons (Fsp3) is 0.360. The molecular weight excluding hydrogens is 492 g/mol. The van der Waals surface area contributed by atoms with E-state index in [-0.39, 0.29) is 35.5 Å². The number of rotatable bonds is 6. The first-order valence-corrected chi connectivity index (χ1v) is 11.9. The molecule has 0 radical (unpaired) electrons. The van der Waals surface area contributed by atoms with Gasteiger partial charge in [-0.2, -0.15) is 0 Å². The van der Waals surface area contributed by atoms with Crippen LogP contribution in [0.1, 0.15) is 35.8 Å². The molecule has 11 heteroatoms. The number of aromatic nitrogens is 2. The van der Waals surface area contributed by atoms with Gasteiger partial charge in [-0.3, -0.25) is 14.4 Å². The molecule has 0 aliphatic carbocycles. The Hall–Kier alpha value is -3.53. The third-order valence-corrected chi connectivity index (χ3v) is 6.75. The van der Waals surface area contributed by atoms with Crippen LogP contribution in [0.5, 0.6) is 0 Å². The van der Waals surface area contributed by atoms with Crippen molar-refractivity contribution >= 4 is 40.4 Å². The second-order valence-corrected chi connectivity index (χ2v) is 9.36. The van der Waals surface area contributed by atoms with E-state index in [1.54, 1.807) is 29.0 Å². The molecule has 1 atom stereocenters. The van der Waals surface area contributed by atoms with Crippen molar-refractivity contribution in [2.75, 3.05) is 20.1 Å². The summed E-state index contributed by atoms with van der Waals surface area (Å²) in [6.45, 7) is 2.26. The Kier molecular flexibility index (Phi) is 7.53. The van der Waals surface area contributed by atoms with Gasteiger partial charge in [0.25, 0.3) is 5.91 Å². The van der Waals surface area contributed by atoms with Crippen molar-refractivity contribution in [1.82, 2.24) is 25.1 Å². The van der Waals surface area contributed by atoms with Crippen LogP contribution >= 0.6 is 11.6 Å². The standard InChI is InChI=1S/C25H26ClF2N5O3/c1-14(34)32(2)19-5-7-33(8-6-19)25(36)22(10-15-3-4-18(27)12-20(15)28)31-24(35)21-11-16-9-17(26)13-29-23(16)30-21/h3-4,9,11-13,19,22H,5-8,10H2,1-2H3,(H,29,30)(H,31,35)/t22-/m0/s1. The minimum atomic E-state index is -1.09. The molecule has 1 saturated heterocycles. The molecule has 4 rings (SSSR count). The maximum Gasteiger partial charge on any atom is 0.268 e. The van der Waals surface area contributed by atoms with Gasteiger partial charge in [0.15, 0.2) is 0 Å². The Morgan fingerprint density at radius 3 is 2.61 bits per heavy atom. The highest BCUT2D eigenvalue weighted by molar-refractivity contribution is 6.31. The number of piperidine rings is 1. The van der Waals surface area contributed by atoms with E-state index in [1.165, 1.54) is 19.2 Å². The van der Waals surface area contributed by atoms with Crippen molar-refractivity contribution in [2.45, 2.75) is 38.3 Å². The van der Waals surface area contributed by atoms with Gasteiger partial charge in [0.2, 0.25) is 11.8 Å². The molecule has 0 unspecified atom stereocenters. The number of benzene rings is 1. The number of nitrogens with zero attached hydrogens (tertiary/aromatic N) is 3. The van der Waals surface area contributed by atoms with Gasteiger partial charge in [0.05, 0.1) is 5.02 Å². The summed E-state index contributed by atoms with van der Waals surface area (Å²) in [5, 5.41) is 3.73. The van der Waals surface area contributed by atoms with Crippen LogP contribution in [0.2, 0.25) is 5.02 Å². The van der Waals surface area contributed by atoms with Crippen LogP contribution < -0.4 is 5.32 Å². The van der Waals surface area contributed by atoms with Gasteiger partial charge in [-0.15, -0.1) is 0 Å². The molecule has 8 nitrogen and oxygen atoms in total. The summed E-state index contributed by atoms with van der Waals surface area (Å²) in [7, 11) is 1.73. The van der Waals surface area contributed by atoms with Crippen LogP contribution in [-0.2, 0) is 16.0 Å². The number of hydrogen-bond donors (Lipinski definition) is 2. The third kappa shape index (κ3) is 5.64. The molecule has 0 spiro atoms. The highest BCUT2D eigenvalue weighted by atomic mass is 35.5. The summed E-state index contributed by atoms with van der Waals surface area (Å²) in [6.07, 6.45) is 2.46. The number of hydrogen-bond acceptors (Lipinski definition) is 4. The average Bonchev–Trinajstić information content (AvgIpc) is 3.27. The number of aromatic amines is 1. The molecule has 1 fully saturated rings. The number of carbonyl (C=O) groups excluding carboxylic acids is 3. The fourth-order valence-corrected chi connectivity index (χ4v) is 4.57. The molecular formula is C25H26ClF2N5O3. The number of nitrogens with one attached hydrogen (secondary N) is 2. The Morgan fingerprint density at radius 2 is 1.94 bits per heavy atom. The van der Waals surface area contributed by atoms with E-state index in [2.05, 4.69) is 15.3 Å². The van der Waals surface area contributed by atoms with Gasteiger partial charge in [-0.1, -0.05) is 17.7 Å². The van der Waals surface area contributed by atoms with E-state index in [0.717, 1.165) is 12.1 Å². The summed E-state index contributed by atoms with van der Waals surface area (Å²) in [6, 6.07) is 5.25. The zero-order chi connectivity index (χ0) is 26.0. The van der Waals surface area contributed by atoms with Crippen LogP contribution in [0.15, 0.2) is 36.5 Å². The number of fused-ring (bicyclic) bond motifs is 1. The second kappa shape index (κ2) is 10.6. The third-order valence-electron chi connectivity index (χ3n) is 6.54. The normalized spacial score (nSPS) is 15.1. The predicted molar refractivity (Wildman–Crippen MR) is 130 cm³/mol. The lowest BCUT2D eigenvalue weighted by Gasteiger charge is -2.37. The lowest BCUT2D eigenvalue weighted by molar-refractivity contribution is -0.136. The lowest BCUT2D eigenvalue weighted by atomic mass is 10.00. The Bertz CT molecular complexity index is 1310. The van der Waals surface area contributed by atoms with Crippen LogP contribution in [0.25, 0.3) is 11.0 Å². The number of halogens is 3. The van der Waals surface area contributed by atoms with E-state index < -0.39 is 23.6 Å². The summed E-state index contributed by atoms with van der Waals surface area (Å²) in [4.78, 5) is 48.5. The molecule has 1 aliphatic heterocycles. The van der Waals surface area contributed by atoms with Gasteiger partial charge in [-0.25, -0.2) is 13.8 Å². The highest BCUT2D eigenvalue weighted by Gasteiger charge is 2.32. The molecule has 190 valence electrons. The number of H-pyrrole nitrogens is 1. The number of carbonyl (C=O) groups is 3. The average molecular weight is 518 g/mol. The van der Waals surface area contributed by atoms with Gasteiger partial charge < -0.3 is 20.1 Å². The number of pyridine rings is 1. The van der Waals surface area contributed by atoms with Crippen molar-refractivity contribution in [1.29, 1.82) is 0 Å². The Labute approximate surface area is 211 Å². The largest absolute Gasteiger partial charge is 0.343 e. The van der Waals surface area contributed by atoms with Crippen molar-refractivity contribution in [3.05, 3.63) is 64.4 Å². The van der Waals surface area contributed by atoms with Crippen molar-refractivity contribution < 1.29 is 23.2 Å². The molecule has 2 aromatic heterocycles. The Balaban J connectivity index is 1.54. The SMILES string of the molecule is CC(=O)N(C)C1CCN(C(=O)[C@H](Cc2ccc(F)cc2F)NC(=O)c2cc3cc(Cl)cnc3[nH]2)CC1. The smallest absolute Gasteiger partial charge is 0.268 e. The van der Waals surface area contributed by atoms with Crippen molar-refractivity contribution in [3.63, 3.8) is 0 Å². The molecule has 1 aliphatic rings. The summed E-state index contributed by atoms with van der Waals surface area (Å²) >= 11 is 5.97. The van der Waals surface area contributed by atoms with Crippen molar-refractivity contribution in [3.8, 4) is 0 Å². The zero-order valence-corrected chi connectivity index (χ0v) is 20.6. The van der Waals surface area contributed by atoms with Crippen LogP contribution in [-0.4, -0.2) is 69.7 Å². The maximum absolute atomic E-state index is 14.4. The number of amides is 3. The van der Waals surface area contributed by atoms with Crippen LogP contribution in [0, 0.1) is 11.6 Å². The molecule has 1 aromatic carbocycles. The number of likely N-dealkylation sites (tertiary alicyclic amines) is 1. The second-order valence-electron chi connectivity index (χ2n) is 8.93. The molecule has 3 heterocycles. The maximum atomic E-state index is 14.4. The van der Waals surface area contributed by atoms with Gasteiger partial charge >= 0.3 is 0 Å². The fourth-order valence-electron chi connectivity index (χ4n) is 4.41. The van der Waals surface area contributed by atoms with Crippen LogP contribution in [0.3, 0.4) is 0 Å². The summed E-state index contributed by atoms with van der Waals surface area (Å²) < 4.78 is 27.8. The molecule has 3 aromatic rings. The molecule has 3 amide bonds. The topological polar surface area (TPSA) is 98.4 Å². The van der Waals surface area contributed by atoms with Gasteiger partial charge in [0, 0.05) is 57.2 Å². The quantitative estimate of drug-likeness (QED) is 0.524. The summed E-state index contributed by atoms with van der Waals surface area (Å²) in [5.74, 6) is -2.53. The monoisotopic (exact) mass is 517 g/mol. The van der Waals surface area contributed by atoms with Crippen molar-refractivity contribution in [2.24, 2.45) is 0 Å². The molecule has 0 saturated carbocycles. The van der Waals surface area contributed by atoms with E-state index in [1.807, 2.05) is 0 Å². The first-order chi connectivity index (χ1) is 17.1. The van der Waals surface area contributed by atoms with E-state index in [0.29, 0.717) is 42.0 Å². The van der Waals surface area contributed by atoms with Crippen LogP contribution in [0.4, 0.5) is 8.78 Å². The minimum Gasteiger partial charge on any atom is -0.343 e. The Morgan fingerprint density at radius 1 is 1.22 bits per heavy atom. The molecule has 36 heavy (non-hydrogen) atoms. The van der Waals surface area contributed by atoms with E-state index in [4.69, 9.17) is 11.6 Å². The first-order valence-electron chi connectivity index (χ1n) is 11.5. The highest BCUT2D eigenvalue weighted by Crippen LogP contribution is 2.20. The first kappa shape index (κ1) is 25.6. The van der Waals surface area contributed by atoms with E-state index in [9.17, 15) is 23.2 Å². The van der Waals surface area contributed by atoms with Gasteiger partial charge in [0.1, 0.15) is 29.0 Å². The van der Waals surface area contributed by atoms with Gasteiger partial charge in [-0.05, 0) is 36.6 Å². The lowest BCUT2D eigenvalue weighted by Crippen LogP contribution is -2.54. The molecule has 2 N–H and O–H groups in total. The predicted octanol–water partition coefficient (Wildman–Crippen LogP) is 3.30. The summed E-state index contributed by atoms with van der Waals surface area (Å²) in [5.41, 5.74) is 0.721.